The third kappa shape index (κ3) is 2.19. The second-order valence-corrected chi connectivity index (χ2v) is 5.46. The lowest BCUT2D eigenvalue weighted by atomic mass is 9.94. The molecule has 1 aromatic carbocycles. The van der Waals surface area contributed by atoms with Gasteiger partial charge in [0.2, 0.25) is 0 Å². The van der Waals surface area contributed by atoms with Gasteiger partial charge in [0.1, 0.15) is 0 Å². The Morgan fingerprint density at radius 2 is 2.12 bits per heavy atom. The molecule has 3 rings (SSSR count). The number of nitrogens with one attached hydrogen (secondary N) is 1. The van der Waals surface area contributed by atoms with Crippen molar-refractivity contribution in [2.75, 3.05) is 11.9 Å². The number of aliphatic hydroxyl groups excluding tert-OH is 1. The van der Waals surface area contributed by atoms with Crippen LogP contribution in [0, 0.1) is 5.92 Å². The Hall–Kier alpha value is -1.02. The fourth-order valence-corrected chi connectivity index (χ4v) is 3.33. The van der Waals surface area contributed by atoms with Crippen LogP contribution in [0.5, 0.6) is 0 Å². The van der Waals surface area contributed by atoms with Crippen LogP contribution in [0.1, 0.15) is 49.3 Å². The van der Waals surface area contributed by atoms with Crippen LogP contribution < -0.4 is 5.32 Å². The van der Waals surface area contributed by atoms with E-state index in [1.165, 1.54) is 36.9 Å². The molecule has 1 aliphatic carbocycles. The molecule has 17 heavy (non-hydrogen) atoms. The number of fused-ring (bicyclic) bond motifs is 1. The van der Waals surface area contributed by atoms with E-state index in [0.717, 1.165) is 30.9 Å². The van der Waals surface area contributed by atoms with E-state index in [0.29, 0.717) is 0 Å². The Morgan fingerprint density at radius 1 is 1.29 bits per heavy atom. The zero-order valence-corrected chi connectivity index (χ0v) is 10.3. The first-order chi connectivity index (χ1) is 8.34. The van der Waals surface area contributed by atoms with Gasteiger partial charge in [-0.3, -0.25) is 0 Å². The maximum Gasteiger partial charge on any atom is 0.0812 e. The average molecular weight is 231 g/mol. The van der Waals surface area contributed by atoms with E-state index >= 15 is 0 Å². The molecule has 0 radical (unpaired) electrons. The van der Waals surface area contributed by atoms with Crippen LogP contribution in [-0.4, -0.2) is 11.7 Å². The summed E-state index contributed by atoms with van der Waals surface area (Å²) in [5, 5.41) is 13.8. The summed E-state index contributed by atoms with van der Waals surface area (Å²) in [6.45, 7) is 1.02. The van der Waals surface area contributed by atoms with Crippen molar-refractivity contribution in [3.8, 4) is 0 Å². The summed E-state index contributed by atoms with van der Waals surface area (Å²) in [5.41, 5.74) is 3.69. The predicted octanol–water partition coefficient (Wildman–Crippen LogP) is 3.27. The molecule has 1 aliphatic heterocycles. The summed E-state index contributed by atoms with van der Waals surface area (Å²) in [6.07, 6.45) is 7.07. The maximum absolute atomic E-state index is 10.4. The van der Waals surface area contributed by atoms with Crippen LogP contribution in [0.15, 0.2) is 18.2 Å². The Morgan fingerprint density at radius 3 is 2.94 bits per heavy atom. The Kier molecular flexibility index (Phi) is 3.06. The van der Waals surface area contributed by atoms with Gasteiger partial charge in [0.05, 0.1) is 6.10 Å². The van der Waals surface area contributed by atoms with Crippen molar-refractivity contribution >= 4 is 5.69 Å². The van der Waals surface area contributed by atoms with Gasteiger partial charge in [0, 0.05) is 17.8 Å². The monoisotopic (exact) mass is 231 g/mol. The number of aliphatic hydroxyl groups is 1. The van der Waals surface area contributed by atoms with E-state index < -0.39 is 0 Å². The molecule has 0 spiro atoms. The lowest BCUT2D eigenvalue weighted by Crippen LogP contribution is -2.06. The molecule has 2 nitrogen and oxygen atoms in total. The van der Waals surface area contributed by atoms with E-state index in [4.69, 9.17) is 0 Å². The number of hydrogen-bond donors (Lipinski definition) is 2. The second-order valence-electron chi connectivity index (χ2n) is 5.46. The smallest absolute Gasteiger partial charge is 0.0812 e. The standard InChI is InChI=1S/C15H21NO/c17-14(10-11-4-1-2-5-11)13-7-3-6-12-8-9-16-15(12)13/h3,6-7,11,14,16-17H,1-2,4-5,8-10H2. The molecule has 92 valence electrons. The van der Waals surface area contributed by atoms with Gasteiger partial charge >= 0.3 is 0 Å². The molecular weight excluding hydrogens is 210 g/mol. The summed E-state index contributed by atoms with van der Waals surface area (Å²) in [4.78, 5) is 0. The normalized spacial score (nSPS) is 21.2. The first-order valence-corrected chi connectivity index (χ1v) is 6.88. The molecule has 2 N–H and O–H groups in total. The zero-order chi connectivity index (χ0) is 11.7. The van der Waals surface area contributed by atoms with Gasteiger partial charge in [0.15, 0.2) is 0 Å². The minimum absolute atomic E-state index is 0.279. The number of anilines is 1. The molecule has 2 aliphatic rings. The van der Waals surface area contributed by atoms with Crippen LogP contribution >= 0.6 is 0 Å². The molecule has 1 atom stereocenters. The van der Waals surface area contributed by atoms with Gasteiger partial charge < -0.3 is 10.4 Å². The first kappa shape index (κ1) is 11.1. The number of para-hydroxylation sites is 1. The van der Waals surface area contributed by atoms with Crippen molar-refractivity contribution in [2.24, 2.45) is 5.92 Å². The molecule has 0 amide bonds. The molecular formula is C15H21NO. The molecule has 1 heterocycles. The molecule has 0 bridgehead atoms. The minimum atomic E-state index is -0.279. The third-order valence-corrected chi connectivity index (χ3v) is 4.27. The van der Waals surface area contributed by atoms with Crippen LogP contribution in [0.2, 0.25) is 0 Å². The molecule has 1 aromatic rings. The average Bonchev–Trinajstić information content (AvgIpc) is 2.97. The summed E-state index contributed by atoms with van der Waals surface area (Å²) < 4.78 is 0. The van der Waals surface area contributed by atoms with E-state index in [1.54, 1.807) is 0 Å². The van der Waals surface area contributed by atoms with E-state index in [-0.39, 0.29) is 6.10 Å². The topological polar surface area (TPSA) is 32.3 Å². The van der Waals surface area contributed by atoms with Gasteiger partial charge in [-0.05, 0) is 24.3 Å². The molecule has 2 heteroatoms. The summed E-state index contributed by atoms with van der Waals surface area (Å²) >= 11 is 0. The fourth-order valence-electron chi connectivity index (χ4n) is 3.33. The minimum Gasteiger partial charge on any atom is -0.388 e. The largest absolute Gasteiger partial charge is 0.388 e. The van der Waals surface area contributed by atoms with Gasteiger partial charge in [-0.25, -0.2) is 0 Å². The zero-order valence-electron chi connectivity index (χ0n) is 10.3. The van der Waals surface area contributed by atoms with Crippen LogP contribution in [0.3, 0.4) is 0 Å². The van der Waals surface area contributed by atoms with Gasteiger partial charge in [-0.2, -0.15) is 0 Å². The lowest BCUT2D eigenvalue weighted by molar-refractivity contribution is 0.145. The van der Waals surface area contributed by atoms with E-state index in [2.05, 4.69) is 23.5 Å². The highest BCUT2D eigenvalue weighted by molar-refractivity contribution is 5.61. The SMILES string of the molecule is OC(CC1CCCC1)c1cccc2c1NCC2. The quantitative estimate of drug-likeness (QED) is 0.836. The van der Waals surface area contributed by atoms with Crippen molar-refractivity contribution in [1.29, 1.82) is 0 Å². The molecule has 1 fully saturated rings. The van der Waals surface area contributed by atoms with Gasteiger partial charge in [0.25, 0.3) is 0 Å². The van der Waals surface area contributed by atoms with Crippen molar-refractivity contribution < 1.29 is 5.11 Å². The Labute approximate surface area is 103 Å². The Bertz CT molecular complexity index is 396. The maximum atomic E-state index is 10.4. The van der Waals surface area contributed by atoms with E-state index in [1.807, 2.05) is 0 Å². The van der Waals surface area contributed by atoms with Crippen LogP contribution in [0.25, 0.3) is 0 Å². The molecule has 0 saturated heterocycles. The molecule has 0 aromatic heterocycles. The molecule has 1 saturated carbocycles. The van der Waals surface area contributed by atoms with Gasteiger partial charge in [-0.15, -0.1) is 0 Å². The van der Waals surface area contributed by atoms with Crippen molar-refractivity contribution in [1.82, 2.24) is 0 Å². The van der Waals surface area contributed by atoms with Crippen molar-refractivity contribution in [3.05, 3.63) is 29.3 Å². The summed E-state index contributed by atoms with van der Waals surface area (Å²) in [7, 11) is 0. The summed E-state index contributed by atoms with van der Waals surface area (Å²) in [6, 6.07) is 6.33. The number of hydrogen-bond acceptors (Lipinski definition) is 2. The first-order valence-electron chi connectivity index (χ1n) is 6.88. The highest BCUT2D eigenvalue weighted by atomic mass is 16.3. The highest BCUT2D eigenvalue weighted by Gasteiger charge is 2.23. The number of benzene rings is 1. The summed E-state index contributed by atoms with van der Waals surface area (Å²) in [5.74, 6) is 0.738. The van der Waals surface area contributed by atoms with Crippen molar-refractivity contribution in [3.63, 3.8) is 0 Å². The Balaban J connectivity index is 1.76. The lowest BCUT2D eigenvalue weighted by Gasteiger charge is -2.18. The van der Waals surface area contributed by atoms with Gasteiger partial charge in [-0.1, -0.05) is 43.9 Å². The van der Waals surface area contributed by atoms with Crippen LogP contribution in [-0.2, 0) is 6.42 Å². The predicted molar refractivity (Wildman–Crippen MR) is 70.2 cm³/mol. The second kappa shape index (κ2) is 4.69. The molecule has 1 unspecified atom stereocenters. The highest BCUT2D eigenvalue weighted by Crippen LogP contribution is 2.37. The van der Waals surface area contributed by atoms with E-state index in [9.17, 15) is 5.11 Å². The third-order valence-electron chi connectivity index (χ3n) is 4.27. The number of rotatable bonds is 3. The fraction of sp³-hybridized carbons (Fsp3) is 0.600. The van der Waals surface area contributed by atoms with Crippen molar-refractivity contribution in [2.45, 2.75) is 44.6 Å². The van der Waals surface area contributed by atoms with Crippen LogP contribution in [0.4, 0.5) is 5.69 Å².